The topological polar surface area (TPSA) is 78.7 Å². The van der Waals surface area contributed by atoms with Crippen molar-refractivity contribution in [3.8, 4) is 6.07 Å². The summed E-state index contributed by atoms with van der Waals surface area (Å²) in [5, 5.41) is 18.9. The Morgan fingerprint density at radius 1 is 1.50 bits per heavy atom. The highest BCUT2D eigenvalue weighted by molar-refractivity contribution is 7.17. The van der Waals surface area contributed by atoms with Crippen LogP contribution in [0.2, 0.25) is 4.47 Å². The number of hydrogen-bond acceptors (Lipinski definition) is 5. The lowest BCUT2D eigenvalue weighted by atomic mass is 10.1. The lowest BCUT2D eigenvalue weighted by molar-refractivity contribution is 0.102. The van der Waals surface area contributed by atoms with Crippen molar-refractivity contribution >= 4 is 34.5 Å². The molecule has 1 aromatic carbocycles. The van der Waals surface area contributed by atoms with Crippen LogP contribution in [0.1, 0.15) is 20.9 Å². The van der Waals surface area contributed by atoms with E-state index in [1.807, 2.05) is 13.0 Å². The Morgan fingerprint density at radius 3 is 2.89 bits per heavy atom. The Kier molecular flexibility index (Phi) is 3.55. The highest BCUT2D eigenvalue weighted by Crippen LogP contribution is 2.20. The van der Waals surface area contributed by atoms with Gasteiger partial charge < -0.3 is 5.32 Å². The molecule has 1 amide bonds. The molecular weight excluding hydrogens is 272 g/mol. The van der Waals surface area contributed by atoms with Crippen LogP contribution < -0.4 is 5.32 Å². The molecule has 1 N–H and O–H groups in total. The largest absolute Gasteiger partial charge is 0.320 e. The number of aryl methyl sites for hydroxylation is 1. The van der Waals surface area contributed by atoms with E-state index in [1.54, 1.807) is 18.2 Å². The summed E-state index contributed by atoms with van der Waals surface area (Å²) in [5.41, 5.74) is 1.91. The predicted molar refractivity (Wildman–Crippen MR) is 68.8 cm³/mol. The van der Waals surface area contributed by atoms with Gasteiger partial charge in [0.2, 0.25) is 9.47 Å². The number of carbonyl (C=O) groups is 1. The van der Waals surface area contributed by atoms with E-state index in [-0.39, 0.29) is 9.47 Å². The van der Waals surface area contributed by atoms with Gasteiger partial charge in [0.1, 0.15) is 0 Å². The van der Waals surface area contributed by atoms with E-state index >= 15 is 0 Å². The number of aromatic nitrogens is 2. The van der Waals surface area contributed by atoms with Gasteiger partial charge in [-0.25, -0.2) is 0 Å². The lowest BCUT2D eigenvalue weighted by Crippen LogP contribution is -2.12. The monoisotopic (exact) mass is 278 g/mol. The standard InChI is InChI=1S/C11H7ClN4OS/c1-6-2-3-7(5-13)4-8(6)14-9(17)10-15-16-11(12)18-10/h2-4H,1H3,(H,14,17). The van der Waals surface area contributed by atoms with Crippen LogP contribution in [0.4, 0.5) is 5.69 Å². The van der Waals surface area contributed by atoms with Gasteiger partial charge >= 0.3 is 0 Å². The van der Waals surface area contributed by atoms with E-state index in [0.717, 1.165) is 16.9 Å². The van der Waals surface area contributed by atoms with Gasteiger partial charge in [0, 0.05) is 5.69 Å². The van der Waals surface area contributed by atoms with Crippen molar-refractivity contribution in [2.24, 2.45) is 0 Å². The summed E-state index contributed by atoms with van der Waals surface area (Å²) in [6.45, 7) is 1.84. The molecule has 1 aromatic heterocycles. The Hall–Kier alpha value is -1.97. The number of nitrogens with one attached hydrogen (secondary N) is 1. The number of carbonyl (C=O) groups excluding carboxylic acids is 1. The van der Waals surface area contributed by atoms with Crippen molar-refractivity contribution in [1.29, 1.82) is 5.26 Å². The third-order valence-corrected chi connectivity index (χ3v) is 3.23. The summed E-state index contributed by atoms with van der Waals surface area (Å²) in [5.74, 6) is -0.391. The fraction of sp³-hybridized carbons (Fsp3) is 0.0909. The molecule has 0 aliphatic rings. The van der Waals surface area contributed by atoms with E-state index < -0.39 is 5.91 Å². The lowest BCUT2D eigenvalue weighted by Gasteiger charge is -2.06. The molecular formula is C11H7ClN4OS. The van der Waals surface area contributed by atoms with E-state index in [2.05, 4.69) is 15.5 Å². The number of amides is 1. The molecule has 0 aliphatic heterocycles. The van der Waals surface area contributed by atoms with E-state index in [9.17, 15) is 4.79 Å². The van der Waals surface area contributed by atoms with Crippen LogP contribution in [0.15, 0.2) is 18.2 Å². The summed E-state index contributed by atoms with van der Waals surface area (Å²) in [4.78, 5) is 11.8. The van der Waals surface area contributed by atoms with Gasteiger partial charge in [0.25, 0.3) is 5.91 Å². The van der Waals surface area contributed by atoms with Crippen LogP contribution in [-0.2, 0) is 0 Å². The molecule has 2 rings (SSSR count). The van der Waals surface area contributed by atoms with Crippen LogP contribution in [-0.4, -0.2) is 16.1 Å². The van der Waals surface area contributed by atoms with Crippen molar-refractivity contribution in [2.75, 3.05) is 5.32 Å². The molecule has 0 radical (unpaired) electrons. The van der Waals surface area contributed by atoms with Gasteiger partial charge in [-0.3, -0.25) is 4.79 Å². The summed E-state index contributed by atoms with van der Waals surface area (Å²) in [7, 11) is 0. The smallest absolute Gasteiger partial charge is 0.286 e. The van der Waals surface area contributed by atoms with E-state index in [0.29, 0.717) is 11.3 Å². The van der Waals surface area contributed by atoms with Crippen LogP contribution in [0.3, 0.4) is 0 Å². The molecule has 0 saturated carbocycles. The number of benzene rings is 1. The van der Waals surface area contributed by atoms with Crippen LogP contribution in [0, 0.1) is 18.3 Å². The molecule has 0 fully saturated rings. The zero-order valence-corrected chi connectivity index (χ0v) is 10.8. The minimum absolute atomic E-state index is 0.182. The second-order valence-electron chi connectivity index (χ2n) is 3.46. The molecule has 18 heavy (non-hydrogen) atoms. The third-order valence-electron chi connectivity index (χ3n) is 2.21. The first-order chi connectivity index (χ1) is 8.60. The van der Waals surface area contributed by atoms with Gasteiger partial charge in [-0.15, -0.1) is 10.2 Å². The van der Waals surface area contributed by atoms with Gasteiger partial charge in [-0.1, -0.05) is 17.4 Å². The molecule has 7 heteroatoms. The average Bonchev–Trinajstić information content (AvgIpc) is 2.79. The molecule has 0 atom stereocenters. The molecule has 90 valence electrons. The third kappa shape index (κ3) is 2.64. The van der Waals surface area contributed by atoms with E-state index in [1.165, 1.54) is 0 Å². The average molecular weight is 279 g/mol. The molecule has 0 saturated heterocycles. The van der Waals surface area contributed by atoms with Gasteiger partial charge in [-0.05, 0) is 36.2 Å². The molecule has 0 spiro atoms. The Morgan fingerprint density at radius 2 is 2.28 bits per heavy atom. The SMILES string of the molecule is Cc1ccc(C#N)cc1NC(=O)c1nnc(Cl)s1. The molecule has 0 aliphatic carbocycles. The maximum atomic E-state index is 11.8. The van der Waals surface area contributed by atoms with E-state index in [4.69, 9.17) is 16.9 Å². The highest BCUT2D eigenvalue weighted by Gasteiger charge is 2.13. The van der Waals surface area contributed by atoms with Crippen LogP contribution in [0.5, 0.6) is 0 Å². The van der Waals surface area contributed by atoms with Crippen molar-refractivity contribution in [3.63, 3.8) is 0 Å². The second-order valence-corrected chi connectivity index (χ2v) is 5.02. The Bertz CT molecular complexity index is 647. The first-order valence-corrected chi connectivity index (χ1v) is 6.10. The first kappa shape index (κ1) is 12.5. The molecule has 2 aromatic rings. The summed E-state index contributed by atoms with van der Waals surface area (Å²) < 4.78 is 0.211. The first-order valence-electron chi connectivity index (χ1n) is 4.91. The minimum Gasteiger partial charge on any atom is -0.320 e. The molecule has 0 bridgehead atoms. The summed E-state index contributed by atoms with van der Waals surface area (Å²) >= 11 is 6.61. The van der Waals surface area contributed by atoms with Crippen LogP contribution in [0.25, 0.3) is 0 Å². The number of halogens is 1. The van der Waals surface area contributed by atoms with Gasteiger partial charge in [0.15, 0.2) is 0 Å². The van der Waals surface area contributed by atoms with Crippen LogP contribution >= 0.6 is 22.9 Å². The van der Waals surface area contributed by atoms with Gasteiger partial charge in [0.05, 0.1) is 11.6 Å². The van der Waals surface area contributed by atoms with Crippen molar-refractivity contribution in [2.45, 2.75) is 6.92 Å². The van der Waals surface area contributed by atoms with Gasteiger partial charge in [-0.2, -0.15) is 5.26 Å². The maximum Gasteiger partial charge on any atom is 0.286 e. The Labute approximate surface area is 112 Å². The molecule has 5 nitrogen and oxygen atoms in total. The summed E-state index contributed by atoms with van der Waals surface area (Å²) in [6, 6.07) is 7.07. The quantitative estimate of drug-likeness (QED) is 0.916. The van der Waals surface area contributed by atoms with Crippen molar-refractivity contribution in [1.82, 2.24) is 10.2 Å². The molecule has 1 heterocycles. The normalized spacial score (nSPS) is 9.83. The predicted octanol–water partition coefficient (Wildman–Crippen LogP) is 2.62. The minimum atomic E-state index is -0.391. The van der Waals surface area contributed by atoms with Crippen molar-refractivity contribution < 1.29 is 4.79 Å². The fourth-order valence-electron chi connectivity index (χ4n) is 1.30. The highest BCUT2D eigenvalue weighted by atomic mass is 35.5. The zero-order chi connectivity index (χ0) is 13.1. The zero-order valence-electron chi connectivity index (χ0n) is 9.27. The Balaban J connectivity index is 2.24. The molecule has 0 unspecified atom stereocenters. The van der Waals surface area contributed by atoms with Crippen molar-refractivity contribution in [3.05, 3.63) is 38.8 Å². The number of hydrogen-bond donors (Lipinski definition) is 1. The number of nitrogens with zero attached hydrogens (tertiary/aromatic N) is 3. The maximum absolute atomic E-state index is 11.8. The number of anilines is 1. The second kappa shape index (κ2) is 5.12. The summed E-state index contributed by atoms with van der Waals surface area (Å²) in [6.07, 6.45) is 0. The number of nitriles is 1. The fourth-order valence-corrected chi connectivity index (χ4v) is 2.02. The number of rotatable bonds is 2.